The summed E-state index contributed by atoms with van der Waals surface area (Å²) in [6.45, 7) is 2.30. The van der Waals surface area contributed by atoms with Crippen LogP contribution in [0.25, 0.3) is 0 Å². The van der Waals surface area contributed by atoms with Gasteiger partial charge in [0.1, 0.15) is 18.1 Å². The topological polar surface area (TPSA) is 59.0 Å². The van der Waals surface area contributed by atoms with E-state index in [-0.39, 0.29) is 12.5 Å². The highest BCUT2D eigenvalue weighted by Gasteiger charge is 2.26. The number of likely N-dealkylation sites (tertiary alicyclic amines) is 1. The van der Waals surface area contributed by atoms with Gasteiger partial charge in [-0.3, -0.25) is 9.69 Å². The lowest BCUT2D eigenvalue weighted by Gasteiger charge is -2.23. The van der Waals surface area contributed by atoms with Crippen LogP contribution in [0.4, 0.5) is 0 Å². The first-order valence-corrected chi connectivity index (χ1v) is 6.91. The number of nitrogens with zero attached hydrogens (tertiary/aromatic N) is 1. The number of benzene rings is 1. The van der Waals surface area contributed by atoms with Gasteiger partial charge >= 0.3 is 5.97 Å². The number of rotatable bonds is 7. The smallest absolute Gasteiger partial charge is 0.304 e. The van der Waals surface area contributed by atoms with Gasteiger partial charge in [-0.1, -0.05) is 0 Å². The molecule has 1 saturated heterocycles. The maximum absolute atomic E-state index is 10.8. The number of hydrogen-bond acceptors (Lipinski definition) is 4. The zero-order chi connectivity index (χ0) is 14.4. The Labute approximate surface area is 119 Å². The molecule has 0 aromatic heterocycles. The third-order valence-electron chi connectivity index (χ3n) is 3.62. The van der Waals surface area contributed by atoms with Gasteiger partial charge in [-0.15, -0.1) is 0 Å². The van der Waals surface area contributed by atoms with Crippen LogP contribution >= 0.6 is 0 Å². The Kier molecular flexibility index (Phi) is 5.24. The molecule has 0 spiro atoms. The average Bonchev–Trinajstić information content (AvgIpc) is 2.86. The van der Waals surface area contributed by atoms with Crippen LogP contribution in [0.2, 0.25) is 0 Å². The highest BCUT2D eigenvalue weighted by atomic mass is 16.5. The van der Waals surface area contributed by atoms with Gasteiger partial charge in [-0.2, -0.15) is 0 Å². The molecule has 1 aromatic rings. The minimum atomic E-state index is -0.724. The lowest BCUT2D eigenvalue weighted by atomic mass is 10.1. The van der Waals surface area contributed by atoms with Gasteiger partial charge in [-0.05, 0) is 43.7 Å². The molecule has 1 unspecified atom stereocenters. The number of carboxylic acids is 1. The van der Waals surface area contributed by atoms with Crippen molar-refractivity contribution in [2.45, 2.75) is 25.3 Å². The maximum atomic E-state index is 10.8. The number of ether oxygens (including phenoxy) is 2. The average molecular weight is 279 g/mol. The van der Waals surface area contributed by atoms with E-state index in [2.05, 4.69) is 4.90 Å². The molecule has 5 nitrogen and oxygen atoms in total. The second kappa shape index (κ2) is 7.14. The Morgan fingerprint density at radius 2 is 2.05 bits per heavy atom. The molecule has 1 aliphatic heterocycles. The van der Waals surface area contributed by atoms with Crippen LogP contribution in [0.5, 0.6) is 11.5 Å². The van der Waals surface area contributed by atoms with E-state index in [0.717, 1.165) is 37.4 Å². The molecule has 0 radical (unpaired) electrons. The normalized spacial score (nSPS) is 18.9. The summed E-state index contributed by atoms with van der Waals surface area (Å²) >= 11 is 0. The molecule has 1 aliphatic rings. The van der Waals surface area contributed by atoms with E-state index in [1.807, 2.05) is 24.3 Å². The standard InChI is InChI=1S/C15H21NO4/c1-19-13-4-6-14(7-5-13)20-10-9-16-8-2-3-12(16)11-15(17)18/h4-7,12H,2-3,8-11H2,1H3,(H,17,18). The molecule has 20 heavy (non-hydrogen) atoms. The summed E-state index contributed by atoms with van der Waals surface area (Å²) in [6, 6.07) is 7.62. The van der Waals surface area contributed by atoms with Crippen molar-refractivity contribution in [2.24, 2.45) is 0 Å². The first-order valence-electron chi connectivity index (χ1n) is 6.91. The lowest BCUT2D eigenvalue weighted by Crippen LogP contribution is -2.34. The van der Waals surface area contributed by atoms with E-state index >= 15 is 0 Å². The molecule has 1 fully saturated rings. The molecule has 110 valence electrons. The predicted molar refractivity (Wildman–Crippen MR) is 75.3 cm³/mol. The van der Waals surface area contributed by atoms with Crippen molar-refractivity contribution in [1.82, 2.24) is 4.90 Å². The predicted octanol–water partition coefficient (Wildman–Crippen LogP) is 2.01. The summed E-state index contributed by atoms with van der Waals surface area (Å²) < 4.78 is 10.8. The van der Waals surface area contributed by atoms with Crippen molar-refractivity contribution in [2.75, 3.05) is 26.8 Å². The summed E-state index contributed by atoms with van der Waals surface area (Å²) in [5.74, 6) is 0.885. The summed E-state index contributed by atoms with van der Waals surface area (Å²) in [5.41, 5.74) is 0. The molecule has 0 aliphatic carbocycles. The number of hydrogen-bond donors (Lipinski definition) is 1. The quantitative estimate of drug-likeness (QED) is 0.827. The SMILES string of the molecule is COc1ccc(OCCN2CCCC2CC(=O)O)cc1. The molecule has 1 atom stereocenters. The summed E-state index contributed by atoms with van der Waals surface area (Å²) in [4.78, 5) is 13.0. The number of aliphatic carboxylic acids is 1. The molecular weight excluding hydrogens is 258 g/mol. The van der Waals surface area contributed by atoms with Gasteiger partial charge < -0.3 is 14.6 Å². The lowest BCUT2D eigenvalue weighted by molar-refractivity contribution is -0.138. The van der Waals surface area contributed by atoms with E-state index in [1.165, 1.54) is 0 Å². The van der Waals surface area contributed by atoms with E-state index in [0.29, 0.717) is 6.61 Å². The zero-order valence-electron chi connectivity index (χ0n) is 11.7. The highest BCUT2D eigenvalue weighted by Crippen LogP contribution is 2.20. The third kappa shape index (κ3) is 4.13. The van der Waals surface area contributed by atoms with Crippen LogP contribution in [-0.4, -0.2) is 48.8 Å². The van der Waals surface area contributed by atoms with Crippen molar-refractivity contribution in [3.8, 4) is 11.5 Å². The molecule has 1 N–H and O–H groups in total. The van der Waals surface area contributed by atoms with Crippen LogP contribution < -0.4 is 9.47 Å². The molecule has 1 aromatic carbocycles. The fourth-order valence-corrected chi connectivity index (χ4v) is 2.57. The second-order valence-electron chi connectivity index (χ2n) is 4.95. The van der Waals surface area contributed by atoms with Crippen LogP contribution in [0.1, 0.15) is 19.3 Å². The van der Waals surface area contributed by atoms with Crippen molar-refractivity contribution >= 4 is 5.97 Å². The fourth-order valence-electron chi connectivity index (χ4n) is 2.57. The monoisotopic (exact) mass is 279 g/mol. The summed E-state index contributed by atoms with van der Waals surface area (Å²) in [6.07, 6.45) is 2.26. The summed E-state index contributed by atoms with van der Waals surface area (Å²) in [5, 5.41) is 8.87. The molecule has 1 heterocycles. The molecule has 5 heteroatoms. The number of carbonyl (C=O) groups is 1. The van der Waals surface area contributed by atoms with Crippen molar-refractivity contribution in [3.63, 3.8) is 0 Å². The Balaban J connectivity index is 1.75. The summed E-state index contributed by atoms with van der Waals surface area (Å²) in [7, 11) is 1.63. The van der Waals surface area contributed by atoms with E-state index < -0.39 is 5.97 Å². The third-order valence-corrected chi connectivity index (χ3v) is 3.62. The minimum Gasteiger partial charge on any atom is -0.497 e. The Morgan fingerprint density at radius 1 is 1.35 bits per heavy atom. The first kappa shape index (κ1) is 14.7. The van der Waals surface area contributed by atoms with Crippen LogP contribution in [0.15, 0.2) is 24.3 Å². The van der Waals surface area contributed by atoms with Crippen LogP contribution in [0.3, 0.4) is 0 Å². The Morgan fingerprint density at radius 3 is 2.70 bits per heavy atom. The fraction of sp³-hybridized carbons (Fsp3) is 0.533. The zero-order valence-corrected chi connectivity index (χ0v) is 11.7. The molecule has 0 saturated carbocycles. The van der Waals surface area contributed by atoms with Gasteiger partial charge in [-0.25, -0.2) is 0 Å². The Hall–Kier alpha value is -1.75. The largest absolute Gasteiger partial charge is 0.497 e. The van der Waals surface area contributed by atoms with Crippen LogP contribution in [0, 0.1) is 0 Å². The van der Waals surface area contributed by atoms with E-state index in [1.54, 1.807) is 7.11 Å². The van der Waals surface area contributed by atoms with Crippen molar-refractivity contribution < 1.29 is 19.4 Å². The molecule has 0 amide bonds. The van der Waals surface area contributed by atoms with Gasteiger partial charge in [0.05, 0.1) is 13.5 Å². The van der Waals surface area contributed by atoms with Crippen molar-refractivity contribution in [1.29, 1.82) is 0 Å². The number of methoxy groups -OCH3 is 1. The first-order chi connectivity index (χ1) is 9.69. The van der Waals surface area contributed by atoms with E-state index in [9.17, 15) is 4.79 Å². The van der Waals surface area contributed by atoms with Gasteiger partial charge in [0.25, 0.3) is 0 Å². The van der Waals surface area contributed by atoms with Crippen LogP contribution in [-0.2, 0) is 4.79 Å². The van der Waals surface area contributed by atoms with Gasteiger partial charge in [0, 0.05) is 12.6 Å². The maximum Gasteiger partial charge on any atom is 0.304 e. The highest BCUT2D eigenvalue weighted by molar-refractivity contribution is 5.67. The minimum absolute atomic E-state index is 0.159. The van der Waals surface area contributed by atoms with Gasteiger partial charge in [0.2, 0.25) is 0 Å². The van der Waals surface area contributed by atoms with Gasteiger partial charge in [0.15, 0.2) is 0 Å². The molecule has 0 bridgehead atoms. The van der Waals surface area contributed by atoms with E-state index in [4.69, 9.17) is 14.6 Å². The number of carboxylic acid groups (broad SMARTS) is 1. The Bertz CT molecular complexity index is 432. The molecular formula is C15H21NO4. The molecule has 2 rings (SSSR count). The van der Waals surface area contributed by atoms with Crippen molar-refractivity contribution in [3.05, 3.63) is 24.3 Å². The second-order valence-corrected chi connectivity index (χ2v) is 4.95.